The quantitative estimate of drug-likeness (QED) is 0.552. The molecule has 2 aromatic rings. The first-order valence-electron chi connectivity index (χ1n) is 9.24. The van der Waals surface area contributed by atoms with Crippen molar-refractivity contribution in [3.63, 3.8) is 0 Å². The fourth-order valence-corrected chi connectivity index (χ4v) is 3.57. The van der Waals surface area contributed by atoms with Crippen LogP contribution in [-0.2, 0) is 0 Å². The minimum atomic E-state index is -0.174. The number of amides is 1. The van der Waals surface area contributed by atoms with Crippen molar-refractivity contribution in [3.05, 3.63) is 51.5 Å². The van der Waals surface area contributed by atoms with Crippen LogP contribution in [0.15, 0.2) is 34.8 Å². The molecule has 0 saturated carbocycles. The van der Waals surface area contributed by atoms with Gasteiger partial charge in [-0.25, -0.2) is 0 Å². The molecule has 0 heterocycles. The highest BCUT2D eigenvalue weighted by Crippen LogP contribution is 2.37. The lowest BCUT2D eigenvalue weighted by Gasteiger charge is -2.20. The Bertz CT molecular complexity index is 789. The standard InChI is InChI=1S/C22H28BrNO3/c1-7-27-21-18(23)11-15(12-19(21)26-6)22(25)24-20-16(13(2)3)9-8-10-17(20)14(4)5/h8-14H,7H2,1-6H3,(H,24,25). The number of carbonyl (C=O) groups is 1. The first-order chi connectivity index (χ1) is 12.8. The number of methoxy groups -OCH3 is 1. The molecule has 0 radical (unpaired) electrons. The summed E-state index contributed by atoms with van der Waals surface area (Å²) in [7, 11) is 1.57. The van der Waals surface area contributed by atoms with Crippen molar-refractivity contribution >= 4 is 27.5 Å². The van der Waals surface area contributed by atoms with Crippen molar-refractivity contribution in [1.29, 1.82) is 0 Å². The molecule has 2 rings (SSSR count). The van der Waals surface area contributed by atoms with Crippen molar-refractivity contribution in [2.75, 3.05) is 19.0 Å². The summed E-state index contributed by atoms with van der Waals surface area (Å²) in [6.07, 6.45) is 0. The molecule has 0 bridgehead atoms. The van der Waals surface area contributed by atoms with Crippen molar-refractivity contribution in [2.45, 2.75) is 46.5 Å². The highest BCUT2D eigenvalue weighted by molar-refractivity contribution is 9.10. The maximum Gasteiger partial charge on any atom is 0.255 e. The van der Waals surface area contributed by atoms with Crippen molar-refractivity contribution < 1.29 is 14.3 Å². The van der Waals surface area contributed by atoms with Crippen LogP contribution >= 0.6 is 15.9 Å². The van der Waals surface area contributed by atoms with Gasteiger partial charge >= 0.3 is 0 Å². The second-order valence-corrected chi connectivity index (χ2v) is 7.85. The molecule has 1 N–H and O–H groups in total. The summed E-state index contributed by atoms with van der Waals surface area (Å²) >= 11 is 3.48. The number of rotatable bonds is 7. The Kier molecular flexibility index (Phi) is 7.31. The van der Waals surface area contributed by atoms with E-state index in [0.29, 0.717) is 40.0 Å². The van der Waals surface area contributed by atoms with Gasteiger partial charge in [-0.3, -0.25) is 4.79 Å². The molecule has 0 aromatic heterocycles. The smallest absolute Gasteiger partial charge is 0.255 e. The Morgan fingerprint density at radius 2 is 1.70 bits per heavy atom. The third-order valence-corrected chi connectivity index (χ3v) is 4.98. The predicted octanol–water partition coefficient (Wildman–Crippen LogP) is 6.36. The summed E-state index contributed by atoms with van der Waals surface area (Å²) in [6.45, 7) is 10.9. The number of para-hydroxylation sites is 1. The predicted molar refractivity (Wildman–Crippen MR) is 114 cm³/mol. The molecule has 0 aliphatic carbocycles. The van der Waals surface area contributed by atoms with Crippen LogP contribution in [0.25, 0.3) is 0 Å². The van der Waals surface area contributed by atoms with Crippen LogP contribution in [-0.4, -0.2) is 19.6 Å². The lowest BCUT2D eigenvalue weighted by Crippen LogP contribution is -2.16. The van der Waals surface area contributed by atoms with E-state index < -0.39 is 0 Å². The van der Waals surface area contributed by atoms with Crippen molar-refractivity contribution in [3.8, 4) is 11.5 Å². The summed E-state index contributed by atoms with van der Waals surface area (Å²) in [5.41, 5.74) is 3.67. The molecular formula is C22H28BrNO3. The summed E-state index contributed by atoms with van der Waals surface area (Å²) < 4.78 is 11.7. The van der Waals surface area contributed by atoms with Gasteiger partial charge in [-0.2, -0.15) is 0 Å². The van der Waals surface area contributed by atoms with Crippen LogP contribution < -0.4 is 14.8 Å². The van der Waals surface area contributed by atoms with E-state index >= 15 is 0 Å². The molecule has 1 amide bonds. The Morgan fingerprint density at radius 1 is 1.11 bits per heavy atom. The van der Waals surface area contributed by atoms with Gasteiger partial charge < -0.3 is 14.8 Å². The minimum absolute atomic E-state index is 0.174. The largest absolute Gasteiger partial charge is 0.493 e. The highest BCUT2D eigenvalue weighted by atomic mass is 79.9. The molecule has 0 spiro atoms. The normalized spacial score (nSPS) is 11.0. The molecule has 2 aromatic carbocycles. The molecule has 0 atom stereocenters. The van der Waals surface area contributed by atoms with E-state index in [1.807, 2.05) is 6.92 Å². The molecule has 5 heteroatoms. The van der Waals surface area contributed by atoms with Gasteiger partial charge in [-0.05, 0) is 57.9 Å². The molecule has 146 valence electrons. The molecular weight excluding hydrogens is 406 g/mol. The van der Waals surface area contributed by atoms with Crippen LogP contribution in [0.1, 0.15) is 67.9 Å². The molecule has 0 aliphatic rings. The molecule has 0 aliphatic heterocycles. The zero-order chi connectivity index (χ0) is 20.1. The van der Waals surface area contributed by atoms with Gasteiger partial charge in [0.2, 0.25) is 0 Å². The van der Waals surface area contributed by atoms with Gasteiger partial charge in [-0.1, -0.05) is 45.9 Å². The second-order valence-electron chi connectivity index (χ2n) is 7.00. The first kappa shape index (κ1) is 21.3. The van der Waals surface area contributed by atoms with E-state index in [0.717, 1.165) is 16.8 Å². The van der Waals surface area contributed by atoms with Crippen molar-refractivity contribution in [1.82, 2.24) is 0 Å². The highest BCUT2D eigenvalue weighted by Gasteiger charge is 2.19. The summed E-state index contributed by atoms with van der Waals surface area (Å²) in [5.74, 6) is 1.56. The number of halogens is 1. The minimum Gasteiger partial charge on any atom is -0.493 e. The van der Waals surface area contributed by atoms with Gasteiger partial charge in [0.25, 0.3) is 5.91 Å². The second kappa shape index (κ2) is 9.27. The number of benzene rings is 2. The molecule has 27 heavy (non-hydrogen) atoms. The molecule has 0 unspecified atom stereocenters. The van der Waals surface area contributed by atoms with E-state index in [1.54, 1.807) is 19.2 Å². The number of hydrogen-bond acceptors (Lipinski definition) is 3. The molecule has 0 saturated heterocycles. The van der Waals surface area contributed by atoms with Gasteiger partial charge in [0.05, 0.1) is 18.2 Å². The average molecular weight is 434 g/mol. The van der Waals surface area contributed by atoms with Crippen LogP contribution in [0.3, 0.4) is 0 Å². The van der Waals surface area contributed by atoms with E-state index in [1.165, 1.54) is 0 Å². The fourth-order valence-electron chi connectivity index (χ4n) is 3.02. The number of anilines is 1. The number of carbonyl (C=O) groups excluding carboxylic acids is 1. The zero-order valence-corrected chi connectivity index (χ0v) is 18.4. The van der Waals surface area contributed by atoms with Crippen LogP contribution in [0.4, 0.5) is 5.69 Å². The number of nitrogens with one attached hydrogen (secondary N) is 1. The number of hydrogen-bond donors (Lipinski definition) is 1. The lowest BCUT2D eigenvalue weighted by atomic mass is 9.92. The van der Waals surface area contributed by atoms with Gasteiger partial charge in [0, 0.05) is 11.3 Å². The van der Waals surface area contributed by atoms with Crippen LogP contribution in [0.5, 0.6) is 11.5 Å². The maximum atomic E-state index is 13.0. The molecule has 4 nitrogen and oxygen atoms in total. The zero-order valence-electron chi connectivity index (χ0n) is 16.9. The van der Waals surface area contributed by atoms with Crippen molar-refractivity contribution in [2.24, 2.45) is 0 Å². The summed E-state index contributed by atoms with van der Waals surface area (Å²) in [5, 5.41) is 3.13. The Hall–Kier alpha value is -2.01. The Morgan fingerprint density at radius 3 is 2.19 bits per heavy atom. The fraction of sp³-hybridized carbons (Fsp3) is 0.409. The van der Waals surface area contributed by atoms with E-state index in [4.69, 9.17) is 9.47 Å². The third kappa shape index (κ3) is 4.83. The first-order valence-corrected chi connectivity index (χ1v) is 10.0. The monoisotopic (exact) mass is 433 g/mol. The van der Waals surface area contributed by atoms with Crippen LogP contribution in [0.2, 0.25) is 0 Å². The van der Waals surface area contributed by atoms with Gasteiger partial charge in [-0.15, -0.1) is 0 Å². The summed E-state index contributed by atoms with van der Waals surface area (Å²) in [4.78, 5) is 13.0. The third-order valence-electron chi connectivity index (χ3n) is 4.39. The molecule has 0 fully saturated rings. The number of ether oxygens (including phenoxy) is 2. The topological polar surface area (TPSA) is 47.6 Å². The van der Waals surface area contributed by atoms with E-state index in [2.05, 4.69) is 67.1 Å². The SMILES string of the molecule is CCOc1c(Br)cc(C(=O)Nc2c(C(C)C)cccc2C(C)C)cc1OC. The van der Waals surface area contributed by atoms with E-state index in [-0.39, 0.29) is 5.91 Å². The lowest BCUT2D eigenvalue weighted by molar-refractivity contribution is 0.102. The Labute approximate surface area is 170 Å². The van der Waals surface area contributed by atoms with Gasteiger partial charge in [0.1, 0.15) is 0 Å². The Balaban J connectivity index is 2.45. The maximum absolute atomic E-state index is 13.0. The average Bonchev–Trinajstić information content (AvgIpc) is 2.62. The van der Waals surface area contributed by atoms with E-state index in [9.17, 15) is 4.79 Å². The van der Waals surface area contributed by atoms with Crippen LogP contribution in [0, 0.1) is 0 Å². The summed E-state index contributed by atoms with van der Waals surface area (Å²) in [6, 6.07) is 9.66. The van der Waals surface area contributed by atoms with Gasteiger partial charge in [0.15, 0.2) is 11.5 Å².